The lowest BCUT2D eigenvalue weighted by atomic mass is 9.79. The maximum Gasteiger partial charge on any atom is 0.146 e. The molecule has 0 radical (unpaired) electrons. The number of rotatable bonds is 4. The smallest absolute Gasteiger partial charge is 0.146 e. The van der Waals surface area contributed by atoms with Gasteiger partial charge in [-0.15, -0.1) is 0 Å². The molecule has 1 saturated carbocycles. The summed E-state index contributed by atoms with van der Waals surface area (Å²) in [5.41, 5.74) is 0. The predicted molar refractivity (Wildman–Crippen MR) is 83.5 cm³/mol. The van der Waals surface area contributed by atoms with Gasteiger partial charge in [-0.3, -0.25) is 0 Å². The monoisotopic (exact) mass is 326 g/mol. The summed E-state index contributed by atoms with van der Waals surface area (Å²) in [5.74, 6) is 3.37. The number of hydrogen-bond donors (Lipinski definition) is 2. The Labute approximate surface area is 123 Å². The van der Waals surface area contributed by atoms with Crippen LogP contribution in [0.1, 0.15) is 40.0 Å². The quantitative estimate of drug-likeness (QED) is 0.880. The van der Waals surface area contributed by atoms with Crippen molar-refractivity contribution in [3.05, 3.63) is 10.8 Å². The number of nitrogens with one attached hydrogen (secondary N) is 2. The van der Waals surface area contributed by atoms with Gasteiger partial charge in [0.25, 0.3) is 0 Å². The van der Waals surface area contributed by atoms with Crippen molar-refractivity contribution in [2.45, 2.75) is 46.1 Å². The summed E-state index contributed by atoms with van der Waals surface area (Å²) in [7, 11) is 0. The molecule has 2 rings (SSSR count). The highest BCUT2D eigenvalue weighted by molar-refractivity contribution is 9.10. The van der Waals surface area contributed by atoms with Gasteiger partial charge < -0.3 is 10.6 Å². The van der Waals surface area contributed by atoms with E-state index in [9.17, 15) is 0 Å². The zero-order valence-corrected chi connectivity index (χ0v) is 13.5. The van der Waals surface area contributed by atoms with E-state index in [1.165, 1.54) is 19.3 Å². The Morgan fingerprint density at radius 3 is 2.63 bits per heavy atom. The van der Waals surface area contributed by atoms with Crippen molar-refractivity contribution in [3.63, 3.8) is 0 Å². The van der Waals surface area contributed by atoms with Crippen LogP contribution in [0.2, 0.25) is 0 Å². The second kappa shape index (κ2) is 6.55. The minimum Gasteiger partial charge on any atom is -0.369 e. The lowest BCUT2D eigenvalue weighted by molar-refractivity contribution is 0.260. The molecule has 3 unspecified atom stereocenters. The fourth-order valence-electron chi connectivity index (χ4n) is 2.63. The summed E-state index contributed by atoms with van der Waals surface area (Å²) >= 11 is 3.59. The third-order valence-corrected chi connectivity index (χ3v) is 4.82. The molecule has 1 aliphatic rings. The van der Waals surface area contributed by atoms with E-state index < -0.39 is 0 Å². The molecule has 0 aromatic carbocycles. The standard InChI is InChI=1S/C14H23BrN4/c1-4-16-13-12(15)14(18-8-17-13)19-11-6-5-9(2)10(3)7-11/h8-11H,4-7H2,1-3H3,(H2,16,17,18,19). The molecule has 1 aromatic heterocycles. The molecule has 1 heterocycles. The Morgan fingerprint density at radius 2 is 1.95 bits per heavy atom. The van der Waals surface area contributed by atoms with Gasteiger partial charge in [0, 0.05) is 12.6 Å². The molecular weight excluding hydrogens is 304 g/mol. The van der Waals surface area contributed by atoms with Gasteiger partial charge in [-0.1, -0.05) is 13.8 Å². The summed E-state index contributed by atoms with van der Waals surface area (Å²) in [6, 6.07) is 0.520. The Morgan fingerprint density at radius 1 is 1.21 bits per heavy atom. The average Bonchev–Trinajstić information content (AvgIpc) is 2.39. The van der Waals surface area contributed by atoms with E-state index in [4.69, 9.17) is 0 Å². The van der Waals surface area contributed by atoms with E-state index in [0.717, 1.165) is 34.5 Å². The first-order chi connectivity index (χ1) is 9.11. The minimum atomic E-state index is 0.520. The number of aromatic nitrogens is 2. The first-order valence-corrected chi connectivity index (χ1v) is 7.92. The third-order valence-electron chi connectivity index (χ3n) is 4.07. The maximum atomic E-state index is 4.35. The van der Waals surface area contributed by atoms with Crippen LogP contribution in [0.3, 0.4) is 0 Å². The molecule has 0 amide bonds. The second-order valence-corrected chi connectivity index (χ2v) is 6.32. The van der Waals surface area contributed by atoms with Crippen LogP contribution in [0.4, 0.5) is 11.6 Å². The molecule has 2 N–H and O–H groups in total. The molecule has 0 aliphatic heterocycles. The first-order valence-electron chi connectivity index (χ1n) is 7.12. The Bertz CT molecular complexity index is 424. The number of anilines is 2. The molecule has 0 spiro atoms. The van der Waals surface area contributed by atoms with Crippen LogP contribution in [0.25, 0.3) is 0 Å². The summed E-state index contributed by atoms with van der Waals surface area (Å²) in [4.78, 5) is 8.59. The second-order valence-electron chi connectivity index (χ2n) is 5.52. The molecule has 5 heteroatoms. The molecule has 1 aromatic rings. The van der Waals surface area contributed by atoms with Crippen LogP contribution in [0, 0.1) is 11.8 Å². The van der Waals surface area contributed by atoms with Crippen LogP contribution < -0.4 is 10.6 Å². The van der Waals surface area contributed by atoms with Crippen LogP contribution >= 0.6 is 15.9 Å². The SMILES string of the molecule is CCNc1ncnc(NC2CCC(C)C(C)C2)c1Br. The highest BCUT2D eigenvalue weighted by Crippen LogP contribution is 2.33. The van der Waals surface area contributed by atoms with Crippen molar-refractivity contribution in [2.24, 2.45) is 11.8 Å². The van der Waals surface area contributed by atoms with Gasteiger partial charge in [0.2, 0.25) is 0 Å². The van der Waals surface area contributed by atoms with Gasteiger partial charge in [-0.2, -0.15) is 0 Å². The van der Waals surface area contributed by atoms with Crippen LogP contribution in [0.15, 0.2) is 10.8 Å². The normalized spacial score (nSPS) is 27.1. The molecule has 4 nitrogen and oxygen atoms in total. The zero-order valence-electron chi connectivity index (χ0n) is 11.9. The van der Waals surface area contributed by atoms with E-state index in [1.807, 2.05) is 0 Å². The van der Waals surface area contributed by atoms with E-state index in [0.29, 0.717) is 6.04 Å². The predicted octanol–water partition coefficient (Wildman–Crippen LogP) is 3.91. The van der Waals surface area contributed by atoms with Gasteiger partial charge in [0.15, 0.2) is 0 Å². The Kier molecular flexibility index (Phi) is 5.02. The summed E-state index contributed by atoms with van der Waals surface area (Å²) in [6.45, 7) is 7.61. The lowest BCUT2D eigenvalue weighted by Crippen LogP contribution is -2.30. The molecule has 106 valence electrons. The van der Waals surface area contributed by atoms with E-state index in [2.05, 4.69) is 57.3 Å². The Hall–Kier alpha value is -0.840. The molecular formula is C14H23BrN4. The molecule has 0 saturated heterocycles. The van der Waals surface area contributed by atoms with Gasteiger partial charge in [-0.05, 0) is 54.0 Å². The first kappa shape index (κ1) is 14.6. The highest BCUT2D eigenvalue weighted by atomic mass is 79.9. The van der Waals surface area contributed by atoms with Crippen molar-refractivity contribution in [2.75, 3.05) is 17.2 Å². The molecule has 3 atom stereocenters. The zero-order chi connectivity index (χ0) is 13.8. The van der Waals surface area contributed by atoms with Crippen molar-refractivity contribution in [3.8, 4) is 0 Å². The van der Waals surface area contributed by atoms with Gasteiger partial charge in [0.05, 0.1) is 0 Å². The number of nitrogens with zero attached hydrogens (tertiary/aromatic N) is 2. The Balaban J connectivity index is 2.05. The van der Waals surface area contributed by atoms with Crippen LogP contribution in [-0.2, 0) is 0 Å². The molecule has 19 heavy (non-hydrogen) atoms. The van der Waals surface area contributed by atoms with Gasteiger partial charge in [-0.25, -0.2) is 9.97 Å². The number of halogens is 1. The van der Waals surface area contributed by atoms with E-state index in [1.54, 1.807) is 6.33 Å². The minimum absolute atomic E-state index is 0.520. The lowest BCUT2D eigenvalue weighted by Gasteiger charge is -2.33. The van der Waals surface area contributed by atoms with Gasteiger partial charge in [0.1, 0.15) is 22.4 Å². The largest absolute Gasteiger partial charge is 0.369 e. The third kappa shape index (κ3) is 3.59. The summed E-state index contributed by atoms with van der Waals surface area (Å²) in [6.07, 6.45) is 5.34. The summed E-state index contributed by atoms with van der Waals surface area (Å²) in [5, 5.41) is 6.79. The molecule has 1 aliphatic carbocycles. The highest BCUT2D eigenvalue weighted by Gasteiger charge is 2.25. The van der Waals surface area contributed by atoms with Crippen molar-refractivity contribution in [1.82, 2.24) is 9.97 Å². The maximum absolute atomic E-state index is 4.35. The fraction of sp³-hybridized carbons (Fsp3) is 0.714. The van der Waals surface area contributed by atoms with E-state index >= 15 is 0 Å². The van der Waals surface area contributed by atoms with Crippen LogP contribution in [0.5, 0.6) is 0 Å². The average molecular weight is 327 g/mol. The van der Waals surface area contributed by atoms with Crippen LogP contribution in [-0.4, -0.2) is 22.6 Å². The summed E-state index contributed by atoms with van der Waals surface area (Å²) < 4.78 is 0.933. The molecule has 1 fully saturated rings. The fourth-order valence-corrected chi connectivity index (χ4v) is 3.09. The van der Waals surface area contributed by atoms with Crippen molar-refractivity contribution >= 4 is 27.6 Å². The van der Waals surface area contributed by atoms with Crippen molar-refractivity contribution < 1.29 is 0 Å². The number of hydrogen-bond acceptors (Lipinski definition) is 4. The van der Waals surface area contributed by atoms with E-state index in [-0.39, 0.29) is 0 Å². The van der Waals surface area contributed by atoms with Crippen molar-refractivity contribution in [1.29, 1.82) is 0 Å². The van der Waals surface area contributed by atoms with Gasteiger partial charge >= 0.3 is 0 Å². The molecule has 0 bridgehead atoms. The topological polar surface area (TPSA) is 49.8 Å².